The smallest absolute Gasteiger partial charge is 0.337 e. The highest BCUT2D eigenvalue weighted by atomic mass is 16.5. The van der Waals surface area contributed by atoms with E-state index in [9.17, 15) is 9.59 Å². The minimum atomic E-state index is -0.436. The number of nitrogens with one attached hydrogen (secondary N) is 3. The third-order valence-corrected chi connectivity index (χ3v) is 3.98. The number of fused-ring (bicyclic) bond motifs is 1. The number of nitrogens with two attached hydrogens (primary N) is 1. The lowest BCUT2D eigenvalue weighted by atomic mass is 10.2. The van der Waals surface area contributed by atoms with Gasteiger partial charge in [-0.1, -0.05) is 12.2 Å². The molecule has 0 saturated heterocycles. The predicted octanol–water partition coefficient (Wildman–Crippen LogP) is 1.87. The Hall–Kier alpha value is -4.47. The number of anilines is 2. The second-order valence-corrected chi connectivity index (χ2v) is 6.18. The van der Waals surface area contributed by atoms with Crippen molar-refractivity contribution in [3.8, 4) is 0 Å². The maximum Gasteiger partial charge on any atom is 0.337 e. The van der Waals surface area contributed by atoms with Crippen molar-refractivity contribution >= 4 is 28.8 Å². The van der Waals surface area contributed by atoms with Crippen LogP contribution in [0.25, 0.3) is 11.2 Å². The molecule has 0 radical (unpaired) electrons. The second kappa shape index (κ2) is 10.3. The predicted molar refractivity (Wildman–Crippen MR) is 118 cm³/mol. The minimum absolute atomic E-state index is 0.00151. The third kappa shape index (κ3) is 6.00. The Morgan fingerprint density at radius 1 is 1.10 bits per heavy atom. The largest absolute Gasteiger partial charge is 0.465 e. The molecule has 0 fully saturated rings. The summed E-state index contributed by atoms with van der Waals surface area (Å²) in [6, 6.07) is 6.79. The molecule has 0 bridgehead atoms. The highest BCUT2D eigenvalue weighted by Crippen LogP contribution is 2.12. The lowest BCUT2D eigenvalue weighted by Gasteiger charge is -2.07. The number of aromatic amines is 1. The van der Waals surface area contributed by atoms with E-state index in [2.05, 4.69) is 35.3 Å². The van der Waals surface area contributed by atoms with Gasteiger partial charge in [0.2, 0.25) is 5.95 Å². The quantitative estimate of drug-likeness (QED) is 0.465. The van der Waals surface area contributed by atoms with Gasteiger partial charge < -0.3 is 21.1 Å². The highest BCUT2D eigenvalue weighted by Gasteiger charge is 2.07. The number of H-pyrrole nitrogens is 1. The molecule has 0 saturated carbocycles. The zero-order chi connectivity index (χ0) is 22.1. The average Bonchev–Trinajstić information content (AvgIpc) is 3.11. The molecule has 1 aromatic carbocycles. The molecule has 0 spiro atoms. The number of nitrogen functional groups attached to an aromatic ring is 1. The molecule has 1 aliphatic heterocycles. The molecule has 10 nitrogen and oxygen atoms in total. The number of methoxy groups -OCH3 is 1. The van der Waals surface area contributed by atoms with E-state index < -0.39 is 11.5 Å². The van der Waals surface area contributed by atoms with Gasteiger partial charge in [-0.25, -0.2) is 14.8 Å². The van der Waals surface area contributed by atoms with Gasteiger partial charge in [-0.15, -0.1) is 0 Å². The maximum atomic E-state index is 11.8. The van der Waals surface area contributed by atoms with Gasteiger partial charge in [-0.3, -0.25) is 9.78 Å². The molecule has 1 aliphatic rings. The first kappa shape index (κ1) is 21.2. The van der Waals surface area contributed by atoms with Crippen LogP contribution in [-0.4, -0.2) is 33.0 Å². The minimum Gasteiger partial charge on any atom is -0.465 e. The number of allylic oxidation sites excluding steroid dienone is 4. The summed E-state index contributed by atoms with van der Waals surface area (Å²) in [6.07, 6.45) is 13.1. The van der Waals surface area contributed by atoms with Crippen molar-refractivity contribution in [1.82, 2.24) is 25.3 Å². The van der Waals surface area contributed by atoms with Gasteiger partial charge >= 0.3 is 5.97 Å². The standard InChI is InChI=1S/C15H14N6O3.C6H7N/c1-24-14(23)8-2-4-9(5-3-8)17-6-10-7-18-12-11(19-10)13(22)21-15(16)20-12;1-2-4-6-7-5-3-1/h2-5,7,17H,6H2,1H3,(H3,16,18,20,21,22);1-7H. The number of aromatic nitrogens is 4. The topological polar surface area (TPSA) is 148 Å². The van der Waals surface area contributed by atoms with Crippen LogP contribution in [0.3, 0.4) is 0 Å². The van der Waals surface area contributed by atoms with Crippen molar-refractivity contribution in [3.63, 3.8) is 0 Å². The number of ether oxygens (including phenoxy) is 1. The van der Waals surface area contributed by atoms with Gasteiger partial charge in [0.1, 0.15) is 0 Å². The zero-order valence-electron chi connectivity index (χ0n) is 16.7. The Kier molecular flexibility index (Phi) is 7.09. The summed E-state index contributed by atoms with van der Waals surface area (Å²) in [4.78, 5) is 37.8. The first-order chi connectivity index (χ1) is 15.1. The summed E-state index contributed by atoms with van der Waals surface area (Å²) < 4.78 is 4.64. The fraction of sp³-hybridized carbons (Fsp3) is 0.0952. The number of rotatable bonds is 4. The van der Waals surface area contributed by atoms with Crippen LogP contribution in [0, 0.1) is 0 Å². The normalized spacial score (nSPS) is 11.8. The van der Waals surface area contributed by atoms with Gasteiger partial charge in [0, 0.05) is 18.1 Å². The SMILES string of the molecule is C1=CC=CNC=C1.COC(=O)c1ccc(NCc2cnc3nc(N)[nH]c(=O)c3n2)cc1. The molecule has 2 aromatic heterocycles. The highest BCUT2D eigenvalue weighted by molar-refractivity contribution is 5.89. The van der Waals surface area contributed by atoms with Crippen molar-refractivity contribution in [2.75, 3.05) is 18.2 Å². The Morgan fingerprint density at radius 3 is 2.48 bits per heavy atom. The zero-order valence-corrected chi connectivity index (χ0v) is 16.7. The molecular weight excluding hydrogens is 398 g/mol. The van der Waals surface area contributed by atoms with Crippen molar-refractivity contribution < 1.29 is 9.53 Å². The van der Waals surface area contributed by atoms with E-state index in [-0.39, 0.29) is 17.1 Å². The van der Waals surface area contributed by atoms with Crippen LogP contribution in [-0.2, 0) is 11.3 Å². The molecule has 3 aromatic rings. The summed E-state index contributed by atoms with van der Waals surface area (Å²) in [5, 5.41) is 6.05. The monoisotopic (exact) mass is 419 g/mol. The second-order valence-electron chi connectivity index (χ2n) is 6.18. The molecule has 0 atom stereocenters. The lowest BCUT2D eigenvalue weighted by molar-refractivity contribution is 0.0601. The van der Waals surface area contributed by atoms with Gasteiger partial charge in [0.15, 0.2) is 11.2 Å². The van der Waals surface area contributed by atoms with E-state index in [0.29, 0.717) is 17.8 Å². The van der Waals surface area contributed by atoms with Crippen LogP contribution >= 0.6 is 0 Å². The molecular formula is C21H21N7O3. The molecule has 5 N–H and O–H groups in total. The number of hydrogen-bond acceptors (Lipinski definition) is 9. The van der Waals surface area contributed by atoms with Gasteiger partial charge in [0.05, 0.1) is 31.1 Å². The fourth-order valence-electron chi connectivity index (χ4n) is 2.50. The number of carbonyl (C=O) groups excluding carboxylic acids is 1. The van der Waals surface area contributed by atoms with E-state index in [4.69, 9.17) is 5.73 Å². The molecule has 4 rings (SSSR count). The summed E-state index contributed by atoms with van der Waals surface area (Å²) in [5.74, 6) is -0.397. The van der Waals surface area contributed by atoms with Crippen LogP contribution in [0.1, 0.15) is 16.1 Å². The first-order valence-corrected chi connectivity index (χ1v) is 9.25. The molecule has 0 amide bonds. The summed E-state index contributed by atoms with van der Waals surface area (Å²) in [5.41, 5.74) is 7.17. The van der Waals surface area contributed by atoms with Gasteiger partial charge in [0.25, 0.3) is 5.56 Å². The van der Waals surface area contributed by atoms with Crippen molar-refractivity contribution in [2.24, 2.45) is 0 Å². The first-order valence-electron chi connectivity index (χ1n) is 9.25. The van der Waals surface area contributed by atoms with Crippen molar-refractivity contribution in [3.05, 3.63) is 88.8 Å². The van der Waals surface area contributed by atoms with Crippen LogP contribution in [0.5, 0.6) is 0 Å². The molecule has 158 valence electrons. The maximum absolute atomic E-state index is 11.8. The Bertz CT molecular complexity index is 1180. The number of hydrogen-bond donors (Lipinski definition) is 4. The number of benzene rings is 1. The third-order valence-electron chi connectivity index (χ3n) is 3.98. The number of esters is 1. The van der Waals surface area contributed by atoms with Crippen molar-refractivity contribution in [2.45, 2.75) is 6.54 Å². The van der Waals surface area contributed by atoms with Crippen LogP contribution < -0.4 is 21.9 Å². The molecule has 0 aliphatic carbocycles. The Balaban J connectivity index is 0.000000330. The molecule has 0 unspecified atom stereocenters. The average molecular weight is 419 g/mol. The van der Waals surface area contributed by atoms with Crippen LogP contribution in [0.15, 0.2) is 72.0 Å². The Morgan fingerprint density at radius 2 is 1.81 bits per heavy atom. The fourth-order valence-corrected chi connectivity index (χ4v) is 2.50. The van der Waals surface area contributed by atoms with E-state index in [1.54, 1.807) is 24.3 Å². The van der Waals surface area contributed by atoms with E-state index in [1.807, 2.05) is 36.7 Å². The lowest BCUT2D eigenvalue weighted by Crippen LogP contribution is -2.15. The van der Waals surface area contributed by atoms with Gasteiger partial charge in [-0.2, -0.15) is 4.98 Å². The molecule has 3 heterocycles. The van der Waals surface area contributed by atoms with Gasteiger partial charge in [-0.05, 0) is 36.4 Å². The summed E-state index contributed by atoms with van der Waals surface area (Å²) in [6.45, 7) is 0.352. The number of carbonyl (C=O) groups is 1. The Labute approximate surface area is 177 Å². The van der Waals surface area contributed by atoms with E-state index in [1.165, 1.54) is 13.3 Å². The van der Waals surface area contributed by atoms with Crippen LogP contribution in [0.4, 0.5) is 11.6 Å². The summed E-state index contributed by atoms with van der Waals surface area (Å²) in [7, 11) is 1.33. The molecule has 10 heteroatoms. The van der Waals surface area contributed by atoms with Crippen LogP contribution in [0.2, 0.25) is 0 Å². The summed E-state index contributed by atoms with van der Waals surface area (Å²) >= 11 is 0. The number of nitrogens with zero attached hydrogens (tertiary/aromatic N) is 3. The van der Waals surface area contributed by atoms with Crippen molar-refractivity contribution in [1.29, 1.82) is 0 Å². The molecule has 31 heavy (non-hydrogen) atoms. The van der Waals surface area contributed by atoms with E-state index >= 15 is 0 Å². The van der Waals surface area contributed by atoms with E-state index in [0.717, 1.165) is 5.69 Å².